The summed E-state index contributed by atoms with van der Waals surface area (Å²) in [6, 6.07) is 3.62. The summed E-state index contributed by atoms with van der Waals surface area (Å²) < 4.78 is 10.6. The molecule has 0 spiro atoms. The van der Waals surface area contributed by atoms with Crippen LogP contribution < -0.4 is 9.47 Å². The molecule has 1 aromatic rings. The van der Waals surface area contributed by atoms with Gasteiger partial charge in [-0.25, -0.2) is 0 Å². The molecule has 0 heterocycles. The molecule has 3 unspecified atom stereocenters. The maximum atomic E-state index is 10.9. The minimum Gasteiger partial charge on any atom is -0.496 e. The zero-order valence-electron chi connectivity index (χ0n) is 11.9. The second-order valence-corrected chi connectivity index (χ2v) is 5.71. The Bertz CT molecular complexity index is 515. The maximum absolute atomic E-state index is 10.9. The predicted octanol–water partition coefficient (Wildman–Crippen LogP) is 3.57. The number of hydrogen-bond donors (Lipinski definition) is 1. The Hall–Kier alpha value is -1.42. The molecule has 1 aliphatic carbocycles. The van der Waals surface area contributed by atoms with E-state index in [9.17, 15) is 4.79 Å². The number of carbonyl (C=O) groups is 1. The van der Waals surface area contributed by atoms with Crippen molar-refractivity contribution in [3.63, 3.8) is 0 Å². The van der Waals surface area contributed by atoms with Crippen molar-refractivity contribution < 1.29 is 19.4 Å². The van der Waals surface area contributed by atoms with E-state index in [2.05, 4.69) is 6.92 Å². The number of methoxy groups -OCH3 is 2. The fourth-order valence-electron chi connectivity index (χ4n) is 2.66. The van der Waals surface area contributed by atoms with Crippen LogP contribution in [0.5, 0.6) is 11.5 Å². The van der Waals surface area contributed by atoms with Crippen LogP contribution in [-0.2, 0) is 4.79 Å². The molecular formula is C15H19ClO4. The molecule has 110 valence electrons. The van der Waals surface area contributed by atoms with Gasteiger partial charge in [0, 0.05) is 11.6 Å². The van der Waals surface area contributed by atoms with Gasteiger partial charge in [0.2, 0.25) is 0 Å². The van der Waals surface area contributed by atoms with Gasteiger partial charge in [0.15, 0.2) is 0 Å². The van der Waals surface area contributed by atoms with E-state index in [4.69, 9.17) is 26.2 Å². The molecule has 1 aliphatic rings. The first-order valence-corrected chi connectivity index (χ1v) is 7.00. The van der Waals surface area contributed by atoms with E-state index >= 15 is 0 Å². The number of ether oxygens (including phenoxy) is 2. The van der Waals surface area contributed by atoms with Crippen molar-refractivity contribution >= 4 is 17.6 Å². The molecule has 0 radical (unpaired) electrons. The van der Waals surface area contributed by atoms with Gasteiger partial charge < -0.3 is 14.6 Å². The first-order chi connectivity index (χ1) is 9.47. The van der Waals surface area contributed by atoms with E-state index in [0.717, 1.165) is 24.2 Å². The Morgan fingerprint density at radius 1 is 1.40 bits per heavy atom. The smallest absolute Gasteiger partial charge is 0.306 e. The van der Waals surface area contributed by atoms with Crippen LogP contribution in [0.15, 0.2) is 12.1 Å². The Kier molecular flexibility index (Phi) is 4.43. The van der Waals surface area contributed by atoms with E-state index < -0.39 is 5.97 Å². The normalized spacial score (nSPS) is 22.2. The molecule has 0 bridgehead atoms. The van der Waals surface area contributed by atoms with E-state index in [1.54, 1.807) is 20.3 Å². The predicted molar refractivity (Wildman–Crippen MR) is 76.8 cm³/mol. The highest BCUT2D eigenvalue weighted by Gasteiger charge is 2.43. The fourth-order valence-corrected chi connectivity index (χ4v) is 2.89. The van der Waals surface area contributed by atoms with Gasteiger partial charge in [0.1, 0.15) is 11.5 Å². The topological polar surface area (TPSA) is 55.8 Å². The second kappa shape index (κ2) is 5.92. The minimum absolute atomic E-state index is 0.183. The van der Waals surface area contributed by atoms with Gasteiger partial charge >= 0.3 is 5.97 Å². The number of carboxylic acid groups (broad SMARTS) is 1. The number of hydrogen-bond acceptors (Lipinski definition) is 3. The van der Waals surface area contributed by atoms with E-state index in [-0.39, 0.29) is 17.8 Å². The average Bonchev–Trinajstić information content (AvgIpc) is 3.17. The second-order valence-electron chi connectivity index (χ2n) is 5.31. The van der Waals surface area contributed by atoms with Gasteiger partial charge in [-0.1, -0.05) is 18.5 Å². The molecule has 4 nitrogen and oxygen atoms in total. The van der Waals surface area contributed by atoms with Crippen molar-refractivity contribution in [3.05, 3.63) is 22.7 Å². The van der Waals surface area contributed by atoms with Gasteiger partial charge in [-0.2, -0.15) is 0 Å². The summed E-state index contributed by atoms with van der Waals surface area (Å²) in [5.74, 6) is 0.913. The highest BCUT2D eigenvalue weighted by atomic mass is 35.5. The highest BCUT2D eigenvalue weighted by Crippen LogP contribution is 2.47. The van der Waals surface area contributed by atoms with Crippen LogP contribution >= 0.6 is 11.6 Å². The zero-order chi connectivity index (χ0) is 14.9. The van der Waals surface area contributed by atoms with Crippen molar-refractivity contribution in [2.24, 2.45) is 11.8 Å². The van der Waals surface area contributed by atoms with Crippen LogP contribution in [0, 0.1) is 11.8 Å². The first-order valence-electron chi connectivity index (χ1n) is 6.62. The number of halogens is 1. The van der Waals surface area contributed by atoms with E-state index in [1.165, 1.54) is 0 Å². The lowest BCUT2D eigenvalue weighted by atomic mass is 9.93. The third-order valence-electron chi connectivity index (χ3n) is 3.93. The standard InChI is InChI=1S/C15H19ClO4/c1-8(4-9-5-11(9)15(17)18)10-6-14(20-3)12(16)7-13(10)19-2/h6-9,11H,4-5H2,1-3H3,(H,17,18). The molecule has 0 amide bonds. The lowest BCUT2D eigenvalue weighted by Crippen LogP contribution is -2.04. The molecule has 1 saturated carbocycles. The molecule has 5 heteroatoms. The van der Waals surface area contributed by atoms with Gasteiger partial charge in [0.25, 0.3) is 0 Å². The van der Waals surface area contributed by atoms with Crippen LogP contribution in [-0.4, -0.2) is 25.3 Å². The van der Waals surface area contributed by atoms with Gasteiger partial charge in [0.05, 0.1) is 25.2 Å². The van der Waals surface area contributed by atoms with Crippen LogP contribution in [0.1, 0.15) is 31.2 Å². The SMILES string of the molecule is COc1cc(C(C)CC2CC2C(=O)O)c(OC)cc1Cl. The Labute approximate surface area is 123 Å². The van der Waals surface area contributed by atoms with E-state index in [1.807, 2.05) is 6.07 Å². The van der Waals surface area contributed by atoms with Gasteiger partial charge in [-0.3, -0.25) is 4.79 Å². The summed E-state index contributed by atoms with van der Waals surface area (Å²) in [6.07, 6.45) is 1.60. The largest absolute Gasteiger partial charge is 0.496 e. The van der Waals surface area contributed by atoms with Gasteiger partial charge in [-0.05, 0) is 30.7 Å². The lowest BCUT2D eigenvalue weighted by molar-refractivity contribution is -0.138. The first kappa shape index (κ1) is 15.0. The number of benzene rings is 1. The summed E-state index contributed by atoms with van der Waals surface area (Å²) in [5.41, 5.74) is 1.00. The van der Waals surface area contributed by atoms with Crippen molar-refractivity contribution in [2.75, 3.05) is 14.2 Å². The summed E-state index contributed by atoms with van der Waals surface area (Å²) in [6.45, 7) is 2.07. The molecule has 1 N–H and O–H groups in total. The fraction of sp³-hybridized carbons (Fsp3) is 0.533. The van der Waals surface area contributed by atoms with Crippen LogP contribution in [0.4, 0.5) is 0 Å². The molecule has 0 aliphatic heterocycles. The van der Waals surface area contributed by atoms with Crippen molar-refractivity contribution in [1.82, 2.24) is 0 Å². The summed E-state index contributed by atoms with van der Waals surface area (Å²) in [4.78, 5) is 10.9. The Morgan fingerprint density at radius 3 is 2.55 bits per heavy atom. The third kappa shape index (κ3) is 3.01. The van der Waals surface area contributed by atoms with Crippen molar-refractivity contribution in [1.29, 1.82) is 0 Å². The molecule has 20 heavy (non-hydrogen) atoms. The van der Waals surface area contributed by atoms with E-state index in [0.29, 0.717) is 10.8 Å². The van der Waals surface area contributed by atoms with Crippen LogP contribution in [0.3, 0.4) is 0 Å². The molecule has 1 fully saturated rings. The van der Waals surface area contributed by atoms with Crippen molar-refractivity contribution in [2.45, 2.75) is 25.7 Å². The highest BCUT2D eigenvalue weighted by molar-refractivity contribution is 6.32. The monoisotopic (exact) mass is 298 g/mol. The van der Waals surface area contributed by atoms with Crippen molar-refractivity contribution in [3.8, 4) is 11.5 Å². The van der Waals surface area contributed by atoms with Crippen LogP contribution in [0.25, 0.3) is 0 Å². The summed E-state index contributed by atoms with van der Waals surface area (Å²) in [5, 5.41) is 9.47. The summed E-state index contributed by atoms with van der Waals surface area (Å²) in [7, 11) is 3.18. The van der Waals surface area contributed by atoms with Gasteiger partial charge in [-0.15, -0.1) is 0 Å². The molecule has 0 aromatic heterocycles. The number of aliphatic carboxylic acids is 1. The summed E-state index contributed by atoms with van der Waals surface area (Å²) >= 11 is 6.09. The quantitative estimate of drug-likeness (QED) is 0.872. The molecule has 2 rings (SSSR count). The molecule has 3 atom stereocenters. The molecule has 0 saturated heterocycles. The Morgan fingerprint density at radius 2 is 2.05 bits per heavy atom. The van der Waals surface area contributed by atoms with Crippen LogP contribution in [0.2, 0.25) is 5.02 Å². The maximum Gasteiger partial charge on any atom is 0.306 e. The average molecular weight is 299 g/mol. The third-order valence-corrected chi connectivity index (χ3v) is 4.23. The lowest BCUT2D eigenvalue weighted by Gasteiger charge is -2.17. The zero-order valence-corrected chi connectivity index (χ0v) is 12.6. The number of rotatable bonds is 6. The molecular weight excluding hydrogens is 280 g/mol. The minimum atomic E-state index is -0.692. The number of carboxylic acids is 1. The Balaban J connectivity index is 2.16. The molecule has 1 aromatic carbocycles.